The molecule has 0 atom stereocenters. The summed E-state index contributed by atoms with van der Waals surface area (Å²) in [6.07, 6.45) is 0.594. The molecule has 0 unspecified atom stereocenters. The lowest BCUT2D eigenvalue weighted by molar-refractivity contribution is 0.112. The van der Waals surface area contributed by atoms with Crippen molar-refractivity contribution < 1.29 is 9.18 Å². The van der Waals surface area contributed by atoms with Crippen LogP contribution in [0.5, 0.6) is 0 Å². The Labute approximate surface area is 83.2 Å². The van der Waals surface area contributed by atoms with E-state index < -0.39 is 5.82 Å². The van der Waals surface area contributed by atoms with E-state index in [-0.39, 0.29) is 5.56 Å². The third kappa shape index (κ3) is 1.19. The van der Waals surface area contributed by atoms with Gasteiger partial charge >= 0.3 is 0 Å². The smallest absolute Gasteiger partial charge is 0.152 e. The first kappa shape index (κ1) is 8.85. The number of fused-ring (bicyclic) bond motifs is 1. The summed E-state index contributed by atoms with van der Waals surface area (Å²) >= 11 is 1.20. The van der Waals surface area contributed by atoms with Gasteiger partial charge in [0, 0.05) is 10.1 Å². The highest BCUT2D eigenvalue weighted by molar-refractivity contribution is 7.20. The third-order valence-corrected chi connectivity index (χ3v) is 3.00. The SMILES string of the molecule is N#Cc1sc2ccc(F)cc2c1C=O. The average molecular weight is 205 g/mol. The zero-order valence-corrected chi connectivity index (χ0v) is 7.77. The number of aldehydes is 1. The van der Waals surface area contributed by atoms with Crippen molar-refractivity contribution in [3.63, 3.8) is 0 Å². The molecule has 0 spiro atoms. The molecule has 2 nitrogen and oxygen atoms in total. The number of hydrogen-bond donors (Lipinski definition) is 0. The first-order valence-corrected chi connectivity index (χ1v) is 4.65. The lowest BCUT2D eigenvalue weighted by Gasteiger charge is -1.90. The van der Waals surface area contributed by atoms with Crippen molar-refractivity contribution in [2.75, 3.05) is 0 Å². The summed E-state index contributed by atoms with van der Waals surface area (Å²) in [5.74, 6) is -0.400. The van der Waals surface area contributed by atoms with Gasteiger partial charge in [-0.05, 0) is 18.2 Å². The molecule has 0 N–H and O–H groups in total. The molecule has 0 fully saturated rings. The van der Waals surface area contributed by atoms with Gasteiger partial charge in [0.25, 0.3) is 0 Å². The molecular formula is C10H4FNOS. The number of nitriles is 1. The molecule has 2 rings (SSSR count). The van der Waals surface area contributed by atoms with Gasteiger partial charge < -0.3 is 0 Å². The molecule has 0 amide bonds. The minimum atomic E-state index is -0.400. The van der Waals surface area contributed by atoms with Crippen LogP contribution < -0.4 is 0 Å². The lowest BCUT2D eigenvalue weighted by Crippen LogP contribution is -1.80. The standard InChI is InChI=1S/C10H4FNOS/c11-6-1-2-9-7(3-6)8(5-13)10(4-12)14-9/h1-3,5H. The van der Waals surface area contributed by atoms with Gasteiger partial charge in [-0.1, -0.05) is 0 Å². The summed E-state index contributed by atoms with van der Waals surface area (Å²) in [7, 11) is 0. The van der Waals surface area contributed by atoms with E-state index in [0.29, 0.717) is 16.5 Å². The van der Waals surface area contributed by atoms with E-state index in [1.807, 2.05) is 6.07 Å². The largest absolute Gasteiger partial charge is 0.298 e. The summed E-state index contributed by atoms with van der Waals surface area (Å²) in [6, 6.07) is 6.08. The predicted molar refractivity (Wildman–Crippen MR) is 51.9 cm³/mol. The fourth-order valence-electron chi connectivity index (χ4n) is 1.29. The topological polar surface area (TPSA) is 40.9 Å². The molecule has 68 valence electrons. The summed E-state index contributed by atoms with van der Waals surface area (Å²) in [6.45, 7) is 0. The maximum Gasteiger partial charge on any atom is 0.152 e. The van der Waals surface area contributed by atoms with Crippen molar-refractivity contribution >= 4 is 27.7 Å². The summed E-state index contributed by atoms with van der Waals surface area (Å²) in [4.78, 5) is 11.0. The third-order valence-electron chi connectivity index (χ3n) is 1.91. The van der Waals surface area contributed by atoms with Crippen LogP contribution in [0, 0.1) is 17.1 Å². The molecule has 0 aliphatic carbocycles. The first-order valence-electron chi connectivity index (χ1n) is 3.83. The molecule has 0 aliphatic rings. The van der Waals surface area contributed by atoms with Gasteiger partial charge in [-0.25, -0.2) is 4.39 Å². The van der Waals surface area contributed by atoms with Gasteiger partial charge in [0.1, 0.15) is 16.8 Å². The maximum absolute atomic E-state index is 12.9. The second-order valence-corrected chi connectivity index (χ2v) is 3.77. The fraction of sp³-hybridized carbons (Fsp3) is 0. The second-order valence-electron chi connectivity index (χ2n) is 2.71. The van der Waals surface area contributed by atoms with Crippen LogP contribution >= 0.6 is 11.3 Å². The molecule has 0 saturated carbocycles. The average Bonchev–Trinajstić information content (AvgIpc) is 2.54. The predicted octanol–water partition coefficient (Wildman–Crippen LogP) is 2.72. The Morgan fingerprint density at radius 2 is 2.29 bits per heavy atom. The minimum absolute atomic E-state index is 0.284. The number of benzene rings is 1. The Hall–Kier alpha value is -1.73. The van der Waals surface area contributed by atoms with Crippen molar-refractivity contribution in [2.45, 2.75) is 0 Å². The molecular weight excluding hydrogens is 201 g/mol. The van der Waals surface area contributed by atoms with Crippen molar-refractivity contribution in [1.29, 1.82) is 5.26 Å². The van der Waals surface area contributed by atoms with Gasteiger partial charge in [-0.2, -0.15) is 5.26 Å². The van der Waals surface area contributed by atoms with Crippen LogP contribution in [0.3, 0.4) is 0 Å². The van der Waals surface area contributed by atoms with E-state index in [2.05, 4.69) is 0 Å². The highest BCUT2D eigenvalue weighted by Gasteiger charge is 2.11. The number of rotatable bonds is 1. The van der Waals surface area contributed by atoms with Crippen LogP contribution in [0.4, 0.5) is 4.39 Å². The number of nitrogens with zero attached hydrogens (tertiary/aromatic N) is 1. The Kier molecular flexibility index (Phi) is 2.02. The fourth-order valence-corrected chi connectivity index (χ4v) is 2.24. The van der Waals surface area contributed by atoms with Gasteiger partial charge in [0.15, 0.2) is 6.29 Å². The van der Waals surface area contributed by atoms with Gasteiger partial charge in [-0.15, -0.1) is 11.3 Å². The van der Waals surface area contributed by atoms with Crippen molar-refractivity contribution in [1.82, 2.24) is 0 Å². The Bertz CT molecular complexity index is 553. The molecule has 2 aromatic rings. The molecule has 1 heterocycles. The Balaban J connectivity index is 2.90. The number of carbonyl (C=O) groups is 1. The molecule has 14 heavy (non-hydrogen) atoms. The molecule has 1 aromatic carbocycles. The zero-order chi connectivity index (χ0) is 10.1. The van der Waals surface area contributed by atoms with Crippen LogP contribution in [-0.4, -0.2) is 6.29 Å². The highest BCUT2D eigenvalue weighted by atomic mass is 32.1. The van der Waals surface area contributed by atoms with E-state index in [1.165, 1.54) is 23.5 Å². The van der Waals surface area contributed by atoms with Crippen molar-refractivity contribution in [3.8, 4) is 6.07 Å². The van der Waals surface area contributed by atoms with Gasteiger partial charge in [0.05, 0.1) is 5.56 Å². The van der Waals surface area contributed by atoms with Crippen LogP contribution in [0.15, 0.2) is 18.2 Å². The number of halogens is 1. The monoisotopic (exact) mass is 205 g/mol. The highest BCUT2D eigenvalue weighted by Crippen LogP contribution is 2.29. The summed E-state index contributed by atoms with van der Waals surface area (Å²) < 4.78 is 13.6. The van der Waals surface area contributed by atoms with E-state index in [1.54, 1.807) is 6.07 Å². The van der Waals surface area contributed by atoms with Crippen molar-refractivity contribution in [3.05, 3.63) is 34.5 Å². The Morgan fingerprint density at radius 1 is 1.50 bits per heavy atom. The molecule has 1 aromatic heterocycles. The van der Waals surface area contributed by atoms with E-state index in [0.717, 1.165) is 4.70 Å². The number of carbonyl (C=O) groups excluding carboxylic acids is 1. The number of thiophene rings is 1. The molecule has 0 bridgehead atoms. The molecule has 4 heteroatoms. The van der Waals surface area contributed by atoms with Crippen molar-refractivity contribution in [2.24, 2.45) is 0 Å². The van der Waals surface area contributed by atoms with Gasteiger partial charge in [0.2, 0.25) is 0 Å². The first-order chi connectivity index (χ1) is 6.76. The Morgan fingerprint density at radius 3 is 2.93 bits per heavy atom. The zero-order valence-electron chi connectivity index (χ0n) is 6.95. The summed E-state index contributed by atoms with van der Waals surface area (Å²) in [5, 5.41) is 9.24. The second kappa shape index (κ2) is 3.20. The van der Waals surface area contributed by atoms with Crippen LogP contribution in [-0.2, 0) is 0 Å². The summed E-state index contributed by atoms with van der Waals surface area (Å²) in [5.41, 5.74) is 0.284. The molecule has 0 aliphatic heterocycles. The van der Waals surface area contributed by atoms with Crippen LogP contribution in [0.25, 0.3) is 10.1 Å². The normalized spacial score (nSPS) is 10.0. The molecule has 0 radical (unpaired) electrons. The minimum Gasteiger partial charge on any atom is -0.298 e. The number of hydrogen-bond acceptors (Lipinski definition) is 3. The van der Waals surface area contributed by atoms with Gasteiger partial charge in [-0.3, -0.25) is 4.79 Å². The van der Waals surface area contributed by atoms with E-state index in [4.69, 9.17) is 5.26 Å². The van der Waals surface area contributed by atoms with E-state index >= 15 is 0 Å². The van der Waals surface area contributed by atoms with E-state index in [9.17, 15) is 9.18 Å². The molecule has 0 saturated heterocycles. The van der Waals surface area contributed by atoms with Crippen LogP contribution in [0.1, 0.15) is 15.2 Å². The quantitative estimate of drug-likeness (QED) is 0.671. The van der Waals surface area contributed by atoms with Crippen LogP contribution in [0.2, 0.25) is 0 Å². The lowest BCUT2D eigenvalue weighted by atomic mass is 10.1. The maximum atomic E-state index is 12.9.